The highest BCUT2D eigenvalue weighted by Gasteiger charge is 2.35. The van der Waals surface area contributed by atoms with Crippen molar-refractivity contribution in [3.63, 3.8) is 0 Å². The molecule has 1 amide bonds. The van der Waals surface area contributed by atoms with Crippen LogP contribution >= 0.6 is 15.9 Å². The maximum absolute atomic E-state index is 12.9. The fraction of sp³-hybridized carbons (Fsp3) is 0.231. The van der Waals surface area contributed by atoms with E-state index >= 15 is 0 Å². The number of carbonyl (C=O) groups excluding carboxylic acids is 1. The van der Waals surface area contributed by atoms with E-state index in [1.165, 1.54) is 6.07 Å². The van der Waals surface area contributed by atoms with E-state index in [0.717, 1.165) is 12.1 Å². The van der Waals surface area contributed by atoms with Gasteiger partial charge in [0, 0.05) is 29.8 Å². The Morgan fingerprint density at radius 2 is 2.14 bits per heavy atom. The van der Waals surface area contributed by atoms with Crippen molar-refractivity contribution >= 4 is 21.8 Å². The second-order valence-corrected chi connectivity index (χ2v) is 5.15. The smallest absolute Gasteiger partial charge is 0.352 e. The first-order chi connectivity index (χ1) is 9.88. The number of rotatable bonds is 4. The number of hydrogen-bond acceptors (Lipinski definition) is 2. The van der Waals surface area contributed by atoms with Crippen LogP contribution in [0.4, 0.5) is 13.2 Å². The molecule has 4 nitrogen and oxygen atoms in total. The van der Waals surface area contributed by atoms with E-state index in [9.17, 15) is 18.0 Å². The minimum absolute atomic E-state index is 0.194. The summed E-state index contributed by atoms with van der Waals surface area (Å²) >= 11 is 2.97. The van der Waals surface area contributed by atoms with Gasteiger partial charge in [-0.05, 0) is 18.2 Å². The molecule has 21 heavy (non-hydrogen) atoms. The number of benzene rings is 1. The molecule has 0 aliphatic heterocycles. The molecule has 2 rings (SSSR count). The molecule has 2 N–H and O–H groups in total. The maximum Gasteiger partial charge on any atom is 0.417 e. The number of halogens is 4. The Kier molecular flexibility index (Phi) is 4.66. The van der Waals surface area contributed by atoms with Crippen molar-refractivity contribution in [2.75, 3.05) is 6.54 Å². The minimum Gasteiger partial charge on any atom is -0.352 e. The summed E-state index contributed by atoms with van der Waals surface area (Å²) in [6.07, 6.45) is -0.977. The number of nitrogens with one attached hydrogen (secondary N) is 2. The summed E-state index contributed by atoms with van der Waals surface area (Å²) in [4.78, 5) is 18.7. The number of carbonyl (C=O) groups is 1. The lowest BCUT2D eigenvalue weighted by Gasteiger charge is -2.13. The molecule has 8 heteroatoms. The third kappa shape index (κ3) is 4.07. The van der Waals surface area contributed by atoms with Gasteiger partial charge in [-0.25, -0.2) is 4.98 Å². The Bertz CT molecular complexity index is 626. The van der Waals surface area contributed by atoms with E-state index < -0.39 is 23.2 Å². The highest BCUT2D eigenvalue weighted by molar-refractivity contribution is 9.10. The molecule has 0 aliphatic carbocycles. The average molecular weight is 362 g/mol. The minimum atomic E-state index is -4.59. The van der Waals surface area contributed by atoms with Crippen LogP contribution in [0.5, 0.6) is 0 Å². The van der Waals surface area contributed by atoms with E-state index in [2.05, 4.69) is 31.2 Å². The van der Waals surface area contributed by atoms with Gasteiger partial charge in [-0.3, -0.25) is 4.79 Å². The third-order valence-corrected chi connectivity index (χ3v) is 3.23. The zero-order valence-corrected chi connectivity index (χ0v) is 12.3. The van der Waals surface area contributed by atoms with E-state index in [-0.39, 0.29) is 11.0 Å². The summed E-state index contributed by atoms with van der Waals surface area (Å²) in [6.45, 7) is 0.194. The van der Waals surface area contributed by atoms with Crippen LogP contribution in [0, 0.1) is 0 Å². The second-order valence-electron chi connectivity index (χ2n) is 4.23. The van der Waals surface area contributed by atoms with Crippen LogP contribution in [-0.4, -0.2) is 22.4 Å². The first-order valence-electron chi connectivity index (χ1n) is 6.01. The lowest BCUT2D eigenvalue weighted by Crippen LogP contribution is -2.28. The number of hydrogen-bond donors (Lipinski definition) is 2. The summed E-state index contributed by atoms with van der Waals surface area (Å²) in [6, 6.07) is 3.44. The molecule has 0 fully saturated rings. The maximum atomic E-state index is 12.9. The largest absolute Gasteiger partial charge is 0.417 e. The number of aromatic nitrogens is 2. The SMILES string of the molecule is O=C(NCCc1ncc[nH]1)c1ccc(Br)cc1C(F)(F)F. The van der Waals surface area contributed by atoms with Crippen LogP contribution in [0.1, 0.15) is 21.7 Å². The highest BCUT2D eigenvalue weighted by Crippen LogP contribution is 2.33. The van der Waals surface area contributed by atoms with Gasteiger partial charge in [-0.15, -0.1) is 0 Å². The molecule has 0 saturated carbocycles. The van der Waals surface area contributed by atoms with Crippen LogP contribution in [0.15, 0.2) is 35.1 Å². The Labute approximate surface area is 126 Å². The average Bonchev–Trinajstić information content (AvgIpc) is 2.90. The number of amides is 1. The monoisotopic (exact) mass is 361 g/mol. The van der Waals surface area contributed by atoms with Crippen molar-refractivity contribution in [3.8, 4) is 0 Å². The van der Waals surface area contributed by atoms with Crippen molar-refractivity contribution in [2.45, 2.75) is 12.6 Å². The fourth-order valence-electron chi connectivity index (χ4n) is 1.77. The van der Waals surface area contributed by atoms with Crippen LogP contribution in [0.25, 0.3) is 0 Å². The topological polar surface area (TPSA) is 57.8 Å². The van der Waals surface area contributed by atoms with Gasteiger partial charge in [-0.1, -0.05) is 15.9 Å². The first kappa shape index (κ1) is 15.6. The van der Waals surface area contributed by atoms with Gasteiger partial charge >= 0.3 is 6.18 Å². The normalized spacial score (nSPS) is 11.4. The highest BCUT2D eigenvalue weighted by atomic mass is 79.9. The number of H-pyrrole nitrogens is 1. The molecule has 0 bridgehead atoms. The molecule has 112 valence electrons. The van der Waals surface area contributed by atoms with Crippen LogP contribution < -0.4 is 5.32 Å². The van der Waals surface area contributed by atoms with E-state index in [1.54, 1.807) is 12.4 Å². The molecule has 0 unspecified atom stereocenters. The Morgan fingerprint density at radius 3 is 2.76 bits per heavy atom. The molecule has 0 radical (unpaired) electrons. The van der Waals surface area contributed by atoms with Gasteiger partial charge in [-0.2, -0.15) is 13.2 Å². The Balaban J connectivity index is 2.08. The van der Waals surface area contributed by atoms with E-state index in [0.29, 0.717) is 12.2 Å². The van der Waals surface area contributed by atoms with Gasteiger partial charge in [0.1, 0.15) is 5.82 Å². The summed E-state index contributed by atoms with van der Waals surface area (Å²) in [7, 11) is 0. The number of nitrogens with zero attached hydrogens (tertiary/aromatic N) is 1. The van der Waals surface area contributed by atoms with Gasteiger partial charge in [0.25, 0.3) is 5.91 Å². The lowest BCUT2D eigenvalue weighted by molar-refractivity contribution is -0.138. The quantitative estimate of drug-likeness (QED) is 0.878. The van der Waals surface area contributed by atoms with Gasteiger partial charge in [0.2, 0.25) is 0 Å². The van der Waals surface area contributed by atoms with E-state index in [4.69, 9.17) is 0 Å². The van der Waals surface area contributed by atoms with Crippen LogP contribution in [0.2, 0.25) is 0 Å². The summed E-state index contributed by atoms with van der Waals surface area (Å²) in [5.41, 5.74) is -1.36. The summed E-state index contributed by atoms with van der Waals surface area (Å²) < 4.78 is 39.0. The molecule has 0 saturated heterocycles. The summed E-state index contributed by atoms with van der Waals surface area (Å²) in [5, 5.41) is 2.45. The Morgan fingerprint density at radius 1 is 1.38 bits per heavy atom. The first-order valence-corrected chi connectivity index (χ1v) is 6.80. The number of imidazole rings is 1. The van der Waals surface area contributed by atoms with Crippen molar-refractivity contribution in [1.82, 2.24) is 15.3 Å². The van der Waals surface area contributed by atoms with Crippen molar-refractivity contribution in [3.05, 3.63) is 52.0 Å². The lowest BCUT2D eigenvalue weighted by atomic mass is 10.1. The standard InChI is InChI=1S/C13H11BrF3N3O/c14-8-1-2-9(10(7-8)13(15,16)17)12(21)20-4-3-11-18-5-6-19-11/h1-2,5-7H,3-4H2,(H,18,19)(H,20,21). The molecule has 0 spiro atoms. The van der Waals surface area contributed by atoms with Gasteiger partial charge in [0.05, 0.1) is 11.1 Å². The fourth-order valence-corrected chi connectivity index (χ4v) is 2.13. The molecular formula is C13H11BrF3N3O. The molecule has 1 aromatic carbocycles. The zero-order valence-electron chi connectivity index (χ0n) is 10.7. The zero-order chi connectivity index (χ0) is 15.5. The second kappa shape index (κ2) is 6.30. The molecule has 2 aromatic rings. The summed E-state index contributed by atoms with van der Waals surface area (Å²) in [5.74, 6) is -0.108. The van der Waals surface area contributed by atoms with Crippen molar-refractivity contribution in [2.24, 2.45) is 0 Å². The number of aromatic amines is 1. The van der Waals surface area contributed by atoms with Crippen LogP contribution in [0.3, 0.4) is 0 Å². The molecule has 0 aliphatic rings. The molecule has 1 aromatic heterocycles. The van der Waals surface area contributed by atoms with Gasteiger partial charge < -0.3 is 10.3 Å². The molecule has 0 atom stereocenters. The third-order valence-electron chi connectivity index (χ3n) is 2.73. The molecular weight excluding hydrogens is 351 g/mol. The molecule has 1 heterocycles. The number of alkyl halides is 3. The van der Waals surface area contributed by atoms with Gasteiger partial charge in [0.15, 0.2) is 0 Å². The van der Waals surface area contributed by atoms with Crippen molar-refractivity contribution in [1.29, 1.82) is 0 Å². The van der Waals surface area contributed by atoms with Crippen LogP contribution in [-0.2, 0) is 12.6 Å². The predicted molar refractivity (Wildman–Crippen MR) is 73.8 cm³/mol. The van der Waals surface area contributed by atoms with Crippen molar-refractivity contribution < 1.29 is 18.0 Å². The predicted octanol–water partition coefficient (Wildman–Crippen LogP) is 3.16. The van der Waals surface area contributed by atoms with E-state index in [1.807, 2.05) is 0 Å². The Hall–Kier alpha value is -1.83.